The number of rotatable bonds is 2. The summed E-state index contributed by atoms with van der Waals surface area (Å²) >= 11 is 0. The maximum absolute atomic E-state index is 10.5. The summed E-state index contributed by atoms with van der Waals surface area (Å²) < 4.78 is 0. The third-order valence-corrected chi connectivity index (χ3v) is 2.54. The molecule has 0 atom stereocenters. The van der Waals surface area contributed by atoms with Gasteiger partial charge in [0.05, 0.1) is 5.97 Å². The van der Waals surface area contributed by atoms with Crippen LogP contribution >= 0.6 is 0 Å². The molecule has 0 heterocycles. The molecule has 0 unspecified atom stereocenters. The molecule has 0 bridgehead atoms. The normalized spacial score (nSPS) is 11.0. The summed E-state index contributed by atoms with van der Waals surface area (Å²) in [7, 11) is 0. The van der Waals surface area contributed by atoms with Crippen LogP contribution in [-0.4, -0.2) is 5.97 Å². The number of carbonyl (C=O) groups excluding carboxylic acids is 1. The number of fused-ring (bicyclic) bond motifs is 1. The maximum Gasteiger partial charge on any atom is 1.00 e. The maximum atomic E-state index is 10.5. The number of carboxylic acids is 1. The summed E-state index contributed by atoms with van der Waals surface area (Å²) in [6.45, 7) is 1.76. The van der Waals surface area contributed by atoms with Gasteiger partial charge < -0.3 is 9.90 Å². The van der Waals surface area contributed by atoms with E-state index in [1.54, 1.807) is 6.92 Å². The van der Waals surface area contributed by atoms with Gasteiger partial charge in [-0.2, -0.15) is 0 Å². The van der Waals surface area contributed by atoms with Crippen molar-refractivity contribution in [3.05, 3.63) is 54.1 Å². The predicted molar refractivity (Wildman–Crippen MR) is 62.6 cm³/mol. The van der Waals surface area contributed by atoms with Crippen molar-refractivity contribution in [3.63, 3.8) is 0 Å². The average molecular weight is 234 g/mol. The Morgan fingerprint density at radius 1 is 1.12 bits per heavy atom. The molecule has 2 aromatic rings. The molecule has 2 nitrogen and oxygen atoms in total. The molecule has 0 spiro atoms. The van der Waals surface area contributed by atoms with E-state index < -0.39 is 5.97 Å². The minimum atomic E-state index is -1.16. The Hall–Kier alpha value is -1.09. The molecule has 17 heavy (non-hydrogen) atoms. The van der Waals surface area contributed by atoms with Crippen LogP contribution in [-0.2, 0) is 4.79 Å². The summed E-state index contributed by atoms with van der Waals surface area (Å²) in [5, 5.41) is 12.7. The number of aliphatic carboxylic acids is 1. The second-order valence-electron chi connectivity index (χ2n) is 3.71. The van der Waals surface area contributed by atoms with Crippen LogP contribution in [0.2, 0.25) is 0 Å². The smallest absolute Gasteiger partial charge is 0.545 e. The molecule has 0 amide bonds. The van der Waals surface area contributed by atoms with Crippen molar-refractivity contribution in [2.24, 2.45) is 0 Å². The Morgan fingerprint density at radius 3 is 2.41 bits per heavy atom. The van der Waals surface area contributed by atoms with Crippen molar-refractivity contribution in [1.29, 1.82) is 0 Å². The van der Waals surface area contributed by atoms with Crippen LogP contribution in [0.25, 0.3) is 16.3 Å². The monoisotopic (exact) mass is 234 g/mol. The first-order valence-corrected chi connectivity index (χ1v) is 5.05. The number of carbonyl (C=O) groups is 1. The molecule has 0 radical (unpaired) electrons. The fraction of sp³-hybridized carbons (Fsp3) is 0.0714. The molecule has 0 fully saturated rings. The average Bonchev–Trinajstić information content (AvgIpc) is 2.27. The Kier molecular flexibility index (Phi) is 4.94. The predicted octanol–water partition coefficient (Wildman–Crippen LogP) is -1.00. The molecule has 80 valence electrons. The van der Waals surface area contributed by atoms with Gasteiger partial charge in [0.25, 0.3) is 0 Å². The first kappa shape index (κ1) is 14.0. The van der Waals surface area contributed by atoms with Gasteiger partial charge in [0.1, 0.15) is 0 Å². The number of allylic oxidation sites excluding steroid dienone is 1. The molecule has 0 saturated carbocycles. The number of hydrogen-bond acceptors (Lipinski definition) is 2. The van der Waals surface area contributed by atoms with Gasteiger partial charge in [0.2, 0.25) is 0 Å². The zero-order valence-corrected chi connectivity index (χ0v) is 11.9. The van der Waals surface area contributed by atoms with Gasteiger partial charge in [-0.25, -0.2) is 0 Å². The zero-order valence-electron chi connectivity index (χ0n) is 9.94. The minimum Gasteiger partial charge on any atom is -0.545 e. The summed E-state index contributed by atoms with van der Waals surface area (Å²) in [4.78, 5) is 10.5. The van der Waals surface area contributed by atoms with Crippen molar-refractivity contribution in [1.82, 2.24) is 0 Å². The quantitative estimate of drug-likeness (QED) is 0.494. The molecular weight excluding hydrogens is 223 g/mol. The molecule has 0 saturated heterocycles. The Labute approximate surface area is 122 Å². The Morgan fingerprint density at radius 2 is 1.76 bits per heavy atom. The third-order valence-electron chi connectivity index (χ3n) is 2.54. The van der Waals surface area contributed by atoms with Crippen LogP contribution < -0.4 is 34.7 Å². The minimum absolute atomic E-state index is 0. The molecule has 0 aliphatic rings. The van der Waals surface area contributed by atoms with Gasteiger partial charge in [-0.15, -0.1) is 0 Å². The molecule has 2 rings (SSSR count). The largest absolute Gasteiger partial charge is 1.00 e. The van der Waals surface area contributed by atoms with Crippen LogP contribution in [0.3, 0.4) is 0 Å². The zero-order chi connectivity index (χ0) is 11.5. The van der Waals surface area contributed by atoms with E-state index >= 15 is 0 Å². The molecule has 0 aromatic heterocycles. The van der Waals surface area contributed by atoms with Crippen molar-refractivity contribution < 1.29 is 39.5 Å². The molecule has 0 aliphatic heterocycles. The van der Waals surface area contributed by atoms with E-state index in [9.17, 15) is 9.90 Å². The number of carboxylic acid groups (broad SMARTS) is 1. The van der Waals surface area contributed by atoms with Gasteiger partial charge in [-0.1, -0.05) is 36.4 Å². The van der Waals surface area contributed by atoms with Crippen LogP contribution in [0, 0.1) is 0 Å². The van der Waals surface area contributed by atoms with Gasteiger partial charge in [0, 0.05) is 0 Å². The van der Waals surface area contributed by atoms with Crippen molar-refractivity contribution in [2.75, 3.05) is 0 Å². The van der Waals surface area contributed by atoms with Crippen LogP contribution in [0.5, 0.6) is 0 Å². The summed E-state index contributed by atoms with van der Waals surface area (Å²) in [6.07, 6.45) is 1.12. The van der Waals surface area contributed by atoms with Crippen molar-refractivity contribution in [2.45, 2.75) is 6.92 Å². The van der Waals surface area contributed by atoms with Gasteiger partial charge in [0.15, 0.2) is 0 Å². The molecular formula is C14H11NaO2. The van der Waals surface area contributed by atoms with E-state index in [1.165, 1.54) is 0 Å². The van der Waals surface area contributed by atoms with Crippen LogP contribution in [0.1, 0.15) is 12.5 Å². The fourth-order valence-electron chi connectivity index (χ4n) is 1.69. The van der Waals surface area contributed by atoms with Crippen LogP contribution in [0.15, 0.2) is 48.5 Å². The number of benzene rings is 2. The van der Waals surface area contributed by atoms with E-state index in [4.69, 9.17) is 0 Å². The Balaban J connectivity index is 0.00000144. The standard InChI is InChI=1S/C14H12O2.Na/c1-10(8-14(15)16)12-7-6-11-4-2-3-5-13(11)9-12;/h2-9H,1H3,(H,15,16);/q;+1/p-1. The SMILES string of the molecule is CC(=CC(=O)[O-])c1ccc2ccccc2c1.[Na+]. The first-order chi connectivity index (χ1) is 7.66. The second-order valence-corrected chi connectivity index (χ2v) is 3.71. The molecule has 0 N–H and O–H groups in total. The fourth-order valence-corrected chi connectivity index (χ4v) is 1.69. The van der Waals surface area contributed by atoms with E-state index in [0.717, 1.165) is 22.4 Å². The second kappa shape index (κ2) is 6.01. The van der Waals surface area contributed by atoms with E-state index in [0.29, 0.717) is 5.57 Å². The molecule has 2 aromatic carbocycles. The topological polar surface area (TPSA) is 40.1 Å². The molecule has 3 heteroatoms. The van der Waals surface area contributed by atoms with Crippen molar-refractivity contribution in [3.8, 4) is 0 Å². The summed E-state index contributed by atoms with van der Waals surface area (Å²) in [5.74, 6) is -1.16. The van der Waals surface area contributed by atoms with Crippen molar-refractivity contribution >= 4 is 22.3 Å². The van der Waals surface area contributed by atoms with Gasteiger partial charge in [-0.3, -0.25) is 0 Å². The molecule has 0 aliphatic carbocycles. The third kappa shape index (κ3) is 3.43. The summed E-state index contributed by atoms with van der Waals surface area (Å²) in [5.41, 5.74) is 1.61. The van der Waals surface area contributed by atoms with Gasteiger partial charge in [-0.05, 0) is 41.0 Å². The summed E-state index contributed by atoms with van der Waals surface area (Å²) in [6, 6.07) is 13.8. The Bertz CT molecular complexity index is 573. The van der Waals surface area contributed by atoms with E-state index in [1.807, 2.05) is 42.5 Å². The van der Waals surface area contributed by atoms with Gasteiger partial charge >= 0.3 is 29.6 Å². The van der Waals surface area contributed by atoms with Crippen LogP contribution in [0.4, 0.5) is 0 Å². The number of hydrogen-bond donors (Lipinski definition) is 0. The van der Waals surface area contributed by atoms with E-state index in [2.05, 4.69) is 0 Å². The van der Waals surface area contributed by atoms with E-state index in [-0.39, 0.29) is 29.6 Å². The first-order valence-electron chi connectivity index (χ1n) is 5.05.